The first-order valence-electron chi connectivity index (χ1n) is 7.44. The first kappa shape index (κ1) is 15.5. The van der Waals surface area contributed by atoms with Crippen LogP contribution >= 0.6 is 0 Å². The molecule has 1 amide bonds. The SMILES string of the molecule is CC(NCCCC1CCCC1)C(=O)NC(C)(C)C. The van der Waals surface area contributed by atoms with Crippen molar-refractivity contribution in [3.63, 3.8) is 0 Å². The van der Waals surface area contributed by atoms with Crippen molar-refractivity contribution in [1.29, 1.82) is 0 Å². The lowest BCUT2D eigenvalue weighted by Gasteiger charge is -2.23. The zero-order valence-electron chi connectivity index (χ0n) is 12.5. The molecule has 1 saturated carbocycles. The van der Waals surface area contributed by atoms with E-state index in [2.05, 4.69) is 10.6 Å². The van der Waals surface area contributed by atoms with Gasteiger partial charge in [0.05, 0.1) is 6.04 Å². The fourth-order valence-corrected chi connectivity index (χ4v) is 2.58. The molecule has 2 N–H and O–H groups in total. The molecule has 0 aromatic rings. The lowest BCUT2D eigenvalue weighted by atomic mass is 10.0. The monoisotopic (exact) mass is 254 g/mol. The van der Waals surface area contributed by atoms with E-state index in [-0.39, 0.29) is 17.5 Å². The minimum absolute atomic E-state index is 0.0900. The summed E-state index contributed by atoms with van der Waals surface area (Å²) < 4.78 is 0. The molecule has 0 aromatic carbocycles. The predicted molar refractivity (Wildman–Crippen MR) is 76.6 cm³/mol. The molecule has 3 nitrogen and oxygen atoms in total. The summed E-state index contributed by atoms with van der Waals surface area (Å²) in [5, 5.41) is 6.32. The average Bonchev–Trinajstić information content (AvgIpc) is 2.74. The van der Waals surface area contributed by atoms with E-state index in [1.54, 1.807) is 0 Å². The molecule has 0 spiro atoms. The zero-order chi connectivity index (χ0) is 13.6. The van der Waals surface area contributed by atoms with Gasteiger partial charge in [0, 0.05) is 5.54 Å². The van der Waals surface area contributed by atoms with Gasteiger partial charge in [0.25, 0.3) is 0 Å². The highest BCUT2D eigenvalue weighted by Gasteiger charge is 2.19. The molecule has 0 bridgehead atoms. The van der Waals surface area contributed by atoms with Crippen molar-refractivity contribution >= 4 is 5.91 Å². The number of carbonyl (C=O) groups excluding carboxylic acids is 1. The van der Waals surface area contributed by atoms with Gasteiger partial charge in [-0.15, -0.1) is 0 Å². The van der Waals surface area contributed by atoms with E-state index >= 15 is 0 Å². The first-order valence-corrected chi connectivity index (χ1v) is 7.44. The fraction of sp³-hybridized carbons (Fsp3) is 0.933. The van der Waals surface area contributed by atoms with Crippen LogP contribution in [0.3, 0.4) is 0 Å². The second-order valence-corrected chi connectivity index (χ2v) is 6.71. The Hall–Kier alpha value is -0.570. The number of hydrogen-bond acceptors (Lipinski definition) is 2. The molecule has 18 heavy (non-hydrogen) atoms. The quantitative estimate of drug-likeness (QED) is 0.716. The van der Waals surface area contributed by atoms with Gasteiger partial charge in [0.2, 0.25) is 5.91 Å². The van der Waals surface area contributed by atoms with Gasteiger partial charge in [-0.25, -0.2) is 0 Å². The number of hydrogen-bond donors (Lipinski definition) is 2. The molecule has 0 heterocycles. The van der Waals surface area contributed by atoms with E-state index < -0.39 is 0 Å². The Morgan fingerprint density at radius 1 is 1.28 bits per heavy atom. The molecule has 1 atom stereocenters. The minimum atomic E-state index is -0.142. The smallest absolute Gasteiger partial charge is 0.237 e. The first-order chi connectivity index (χ1) is 8.38. The van der Waals surface area contributed by atoms with Crippen LogP contribution in [0.1, 0.15) is 66.2 Å². The molecular weight excluding hydrogens is 224 g/mol. The van der Waals surface area contributed by atoms with Crippen LogP contribution in [0.4, 0.5) is 0 Å². The molecule has 1 fully saturated rings. The van der Waals surface area contributed by atoms with Gasteiger partial charge >= 0.3 is 0 Å². The highest BCUT2D eigenvalue weighted by molar-refractivity contribution is 5.81. The molecule has 1 rings (SSSR count). The van der Waals surface area contributed by atoms with Crippen LogP contribution in [0, 0.1) is 5.92 Å². The van der Waals surface area contributed by atoms with Crippen LogP contribution in [0.5, 0.6) is 0 Å². The second-order valence-electron chi connectivity index (χ2n) is 6.71. The van der Waals surface area contributed by atoms with Crippen LogP contribution in [-0.2, 0) is 4.79 Å². The van der Waals surface area contributed by atoms with E-state index in [0.717, 1.165) is 12.5 Å². The Labute approximate surface area is 112 Å². The third-order valence-electron chi connectivity index (χ3n) is 3.61. The Balaban J connectivity index is 2.08. The molecular formula is C15H30N2O. The van der Waals surface area contributed by atoms with Crippen molar-refractivity contribution in [1.82, 2.24) is 10.6 Å². The van der Waals surface area contributed by atoms with Gasteiger partial charge < -0.3 is 10.6 Å². The van der Waals surface area contributed by atoms with Crippen LogP contribution < -0.4 is 10.6 Å². The van der Waals surface area contributed by atoms with E-state index in [1.165, 1.54) is 38.5 Å². The Kier molecular flexibility index (Phi) is 6.13. The van der Waals surface area contributed by atoms with E-state index in [9.17, 15) is 4.79 Å². The molecule has 0 radical (unpaired) electrons. The van der Waals surface area contributed by atoms with Crippen LogP contribution in [0.2, 0.25) is 0 Å². The molecule has 1 aliphatic carbocycles. The maximum atomic E-state index is 11.8. The Bertz CT molecular complexity index is 252. The van der Waals surface area contributed by atoms with Crippen molar-refractivity contribution in [3.05, 3.63) is 0 Å². The molecule has 1 aliphatic rings. The van der Waals surface area contributed by atoms with Gasteiger partial charge in [0.1, 0.15) is 0 Å². The highest BCUT2D eigenvalue weighted by Crippen LogP contribution is 2.28. The second kappa shape index (κ2) is 7.13. The van der Waals surface area contributed by atoms with Crippen molar-refractivity contribution in [3.8, 4) is 0 Å². The van der Waals surface area contributed by atoms with Crippen molar-refractivity contribution in [2.24, 2.45) is 5.92 Å². The van der Waals surface area contributed by atoms with Crippen molar-refractivity contribution in [2.75, 3.05) is 6.54 Å². The van der Waals surface area contributed by atoms with E-state index in [4.69, 9.17) is 0 Å². The van der Waals surface area contributed by atoms with Gasteiger partial charge in [-0.3, -0.25) is 4.79 Å². The summed E-state index contributed by atoms with van der Waals surface area (Å²) in [6, 6.07) is -0.0900. The van der Waals surface area contributed by atoms with Gasteiger partial charge in [-0.1, -0.05) is 25.7 Å². The lowest BCUT2D eigenvalue weighted by Crippen LogP contribution is -2.49. The summed E-state index contributed by atoms with van der Waals surface area (Å²) in [5.41, 5.74) is -0.142. The maximum absolute atomic E-state index is 11.8. The number of nitrogens with one attached hydrogen (secondary N) is 2. The van der Waals surface area contributed by atoms with Gasteiger partial charge in [0.15, 0.2) is 0 Å². The summed E-state index contributed by atoms with van der Waals surface area (Å²) in [4.78, 5) is 11.8. The third kappa shape index (κ3) is 6.39. The van der Waals surface area contributed by atoms with Crippen LogP contribution in [-0.4, -0.2) is 24.0 Å². The summed E-state index contributed by atoms with van der Waals surface area (Å²) in [6.07, 6.45) is 8.18. The molecule has 106 valence electrons. The average molecular weight is 254 g/mol. The normalized spacial score (nSPS) is 18.9. The largest absolute Gasteiger partial charge is 0.350 e. The van der Waals surface area contributed by atoms with Crippen LogP contribution in [0.15, 0.2) is 0 Å². The Morgan fingerprint density at radius 3 is 2.44 bits per heavy atom. The molecule has 3 heteroatoms. The number of carbonyl (C=O) groups is 1. The number of amides is 1. The molecule has 0 saturated heterocycles. The Morgan fingerprint density at radius 2 is 1.89 bits per heavy atom. The molecule has 0 aromatic heterocycles. The highest BCUT2D eigenvalue weighted by atomic mass is 16.2. The maximum Gasteiger partial charge on any atom is 0.237 e. The van der Waals surface area contributed by atoms with Crippen LogP contribution in [0.25, 0.3) is 0 Å². The van der Waals surface area contributed by atoms with Crippen molar-refractivity contribution < 1.29 is 4.79 Å². The van der Waals surface area contributed by atoms with Gasteiger partial charge in [-0.2, -0.15) is 0 Å². The van der Waals surface area contributed by atoms with E-state index in [0.29, 0.717) is 0 Å². The number of rotatable bonds is 6. The third-order valence-corrected chi connectivity index (χ3v) is 3.61. The molecule has 1 unspecified atom stereocenters. The van der Waals surface area contributed by atoms with E-state index in [1.807, 2.05) is 27.7 Å². The zero-order valence-corrected chi connectivity index (χ0v) is 12.5. The predicted octanol–water partition coefficient (Wildman–Crippen LogP) is 2.85. The molecule has 0 aliphatic heterocycles. The fourth-order valence-electron chi connectivity index (χ4n) is 2.58. The summed E-state index contributed by atoms with van der Waals surface area (Å²) in [5.74, 6) is 1.05. The minimum Gasteiger partial charge on any atom is -0.350 e. The van der Waals surface area contributed by atoms with Gasteiger partial charge in [-0.05, 0) is 53.0 Å². The summed E-state index contributed by atoms with van der Waals surface area (Å²) >= 11 is 0. The standard InChI is InChI=1S/C15H30N2O/c1-12(14(18)17-15(2,3)4)16-11-7-10-13-8-5-6-9-13/h12-13,16H,5-11H2,1-4H3,(H,17,18). The summed E-state index contributed by atoms with van der Waals surface area (Å²) in [7, 11) is 0. The lowest BCUT2D eigenvalue weighted by molar-refractivity contribution is -0.124. The summed E-state index contributed by atoms with van der Waals surface area (Å²) in [6.45, 7) is 8.93. The van der Waals surface area contributed by atoms with Crippen molar-refractivity contribution in [2.45, 2.75) is 77.8 Å². The topological polar surface area (TPSA) is 41.1 Å².